The van der Waals surface area contributed by atoms with Gasteiger partial charge in [0.05, 0.1) is 12.7 Å². The smallest absolute Gasteiger partial charge is 0.330 e. The van der Waals surface area contributed by atoms with Gasteiger partial charge >= 0.3 is 5.97 Å². The number of carboxylic acids is 1. The lowest BCUT2D eigenvalue weighted by Gasteiger charge is -2.17. The number of methoxy groups -OCH3 is 1. The van der Waals surface area contributed by atoms with Gasteiger partial charge in [0.2, 0.25) is 0 Å². The molecule has 1 atom stereocenters. The van der Waals surface area contributed by atoms with E-state index in [-0.39, 0.29) is 5.78 Å². The van der Waals surface area contributed by atoms with Crippen molar-refractivity contribution in [3.8, 4) is 5.75 Å². The highest BCUT2D eigenvalue weighted by Gasteiger charge is 2.29. The van der Waals surface area contributed by atoms with Gasteiger partial charge in [-0.3, -0.25) is 4.79 Å². The standard InChI is InChI=1S/C24H23NO4S/c1-29-17-13-11-15(12-14-17)21(24(27)28)25-23-20(18-9-5-6-10-19(18)30-23)22(26)16-7-3-2-4-8-16/h2-4,7-8,11-14,21,25H,5-6,9-10H2,1H3,(H,27,28). The fourth-order valence-electron chi connectivity index (χ4n) is 3.86. The van der Waals surface area contributed by atoms with Crippen molar-refractivity contribution in [1.82, 2.24) is 0 Å². The molecule has 4 rings (SSSR count). The molecule has 0 spiro atoms. The number of fused-ring (bicyclic) bond motifs is 1. The summed E-state index contributed by atoms with van der Waals surface area (Å²) in [5.41, 5.74) is 2.91. The zero-order chi connectivity index (χ0) is 21.1. The number of benzene rings is 2. The van der Waals surface area contributed by atoms with Crippen LogP contribution in [-0.2, 0) is 17.6 Å². The first-order chi connectivity index (χ1) is 14.6. The minimum absolute atomic E-state index is 0.0589. The number of carbonyl (C=O) groups is 2. The Balaban J connectivity index is 1.74. The summed E-state index contributed by atoms with van der Waals surface area (Å²) in [5.74, 6) is -0.393. The van der Waals surface area contributed by atoms with Crippen LogP contribution in [0.5, 0.6) is 5.75 Å². The number of rotatable bonds is 7. The van der Waals surface area contributed by atoms with E-state index >= 15 is 0 Å². The van der Waals surface area contributed by atoms with Crippen molar-refractivity contribution in [2.45, 2.75) is 31.7 Å². The van der Waals surface area contributed by atoms with Crippen molar-refractivity contribution in [3.63, 3.8) is 0 Å². The van der Waals surface area contributed by atoms with Gasteiger partial charge in [-0.15, -0.1) is 11.3 Å². The predicted molar refractivity (Wildman–Crippen MR) is 118 cm³/mol. The second kappa shape index (κ2) is 8.71. The van der Waals surface area contributed by atoms with Gasteiger partial charge in [-0.25, -0.2) is 4.79 Å². The van der Waals surface area contributed by atoms with Crippen molar-refractivity contribution in [2.24, 2.45) is 0 Å². The number of thiophene rings is 1. The van der Waals surface area contributed by atoms with Crippen LogP contribution in [-0.4, -0.2) is 24.0 Å². The molecule has 5 nitrogen and oxygen atoms in total. The van der Waals surface area contributed by atoms with Gasteiger partial charge in [0, 0.05) is 10.4 Å². The molecule has 3 aromatic rings. The molecule has 1 heterocycles. The van der Waals surface area contributed by atoms with Crippen LogP contribution in [0.3, 0.4) is 0 Å². The van der Waals surface area contributed by atoms with E-state index in [9.17, 15) is 14.7 Å². The molecule has 0 saturated heterocycles. The quantitative estimate of drug-likeness (QED) is 0.519. The monoisotopic (exact) mass is 421 g/mol. The fourth-order valence-corrected chi connectivity index (χ4v) is 5.17. The maximum atomic E-state index is 13.4. The normalized spacial score (nSPS) is 13.9. The summed E-state index contributed by atoms with van der Waals surface area (Å²) in [4.78, 5) is 26.6. The molecular formula is C24H23NO4S. The minimum atomic E-state index is -0.996. The molecule has 2 aromatic carbocycles. The summed E-state index contributed by atoms with van der Waals surface area (Å²) >= 11 is 1.51. The highest BCUT2D eigenvalue weighted by atomic mass is 32.1. The van der Waals surface area contributed by atoms with Crippen LogP contribution in [0.4, 0.5) is 5.00 Å². The molecule has 1 unspecified atom stereocenters. The molecule has 1 aliphatic carbocycles. The summed E-state index contributed by atoms with van der Waals surface area (Å²) in [6, 6.07) is 15.2. The summed E-state index contributed by atoms with van der Waals surface area (Å²) in [6.45, 7) is 0. The van der Waals surface area contributed by atoms with Gasteiger partial charge < -0.3 is 15.2 Å². The second-order valence-electron chi connectivity index (χ2n) is 7.30. The van der Waals surface area contributed by atoms with E-state index < -0.39 is 12.0 Å². The predicted octanol–water partition coefficient (Wildman–Crippen LogP) is 5.10. The van der Waals surface area contributed by atoms with Crippen LogP contribution < -0.4 is 10.1 Å². The molecular weight excluding hydrogens is 398 g/mol. The summed E-state index contributed by atoms with van der Waals surface area (Å²) in [5, 5.41) is 13.7. The van der Waals surface area contributed by atoms with E-state index in [4.69, 9.17) is 4.74 Å². The van der Waals surface area contributed by atoms with E-state index in [1.54, 1.807) is 43.5 Å². The summed E-state index contributed by atoms with van der Waals surface area (Å²) in [6.07, 6.45) is 3.91. The Morgan fingerprint density at radius 1 is 1.03 bits per heavy atom. The van der Waals surface area contributed by atoms with Gasteiger partial charge in [0.1, 0.15) is 10.8 Å². The summed E-state index contributed by atoms with van der Waals surface area (Å²) < 4.78 is 5.17. The number of hydrogen-bond donors (Lipinski definition) is 2. The number of hydrogen-bond acceptors (Lipinski definition) is 5. The van der Waals surface area contributed by atoms with E-state index in [0.717, 1.165) is 31.2 Å². The van der Waals surface area contributed by atoms with Gasteiger partial charge in [0.25, 0.3) is 0 Å². The number of carbonyl (C=O) groups excluding carboxylic acids is 1. The Kier molecular flexibility index (Phi) is 5.86. The molecule has 0 fully saturated rings. The van der Waals surface area contributed by atoms with Crippen LogP contribution in [0.15, 0.2) is 54.6 Å². The lowest BCUT2D eigenvalue weighted by molar-refractivity contribution is -0.138. The van der Waals surface area contributed by atoms with Crippen molar-refractivity contribution in [2.75, 3.05) is 12.4 Å². The largest absolute Gasteiger partial charge is 0.497 e. The molecule has 1 aliphatic rings. The number of nitrogens with one attached hydrogen (secondary N) is 1. The van der Waals surface area contributed by atoms with E-state index in [1.165, 1.54) is 16.2 Å². The van der Waals surface area contributed by atoms with Crippen LogP contribution in [0.25, 0.3) is 0 Å². The van der Waals surface area contributed by atoms with Crippen LogP contribution >= 0.6 is 11.3 Å². The van der Waals surface area contributed by atoms with Gasteiger partial charge in [-0.1, -0.05) is 42.5 Å². The molecule has 0 amide bonds. The molecule has 0 radical (unpaired) electrons. The number of ketones is 1. The lowest BCUT2D eigenvalue weighted by Crippen LogP contribution is -2.21. The highest BCUT2D eigenvalue weighted by Crippen LogP contribution is 2.41. The van der Waals surface area contributed by atoms with Gasteiger partial charge in [-0.2, -0.15) is 0 Å². The van der Waals surface area contributed by atoms with E-state index in [2.05, 4.69) is 5.32 Å². The first-order valence-electron chi connectivity index (χ1n) is 9.96. The molecule has 154 valence electrons. The molecule has 0 aliphatic heterocycles. The first kappa shape index (κ1) is 20.2. The molecule has 2 N–H and O–H groups in total. The van der Waals surface area contributed by atoms with E-state index in [0.29, 0.717) is 27.4 Å². The molecule has 30 heavy (non-hydrogen) atoms. The third-order valence-electron chi connectivity index (χ3n) is 5.41. The Hall–Kier alpha value is -3.12. The third kappa shape index (κ3) is 3.96. The number of aliphatic carboxylic acids is 1. The van der Waals surface area contributed by atoms with E-state index in [1.807, 2.05) is 18.2 Å². The number of ether oxygens (including phenoxy) is 1. The minimum Gasteiger partial charge on any atom is -0.497 e. The van der Waals surface area contributed by atoms with Gasteiger partial charge in [-0.05, 0) is 48.9 Å². The maximum absolute atomic E-state index is 13.4. The molecule has 0 saturated carbocycles. The van der Waals surface area contributed by atoms with Crippen LogP contribution in [0, 0.1) is 0 Å². The summed E-state index contributed by atoms with van der Waals surface area (Å²) in [7, 11) is 1.57. The molecule has 0 bridgehead atoms. The lowest BCUT2D eigenvalue weighted by atomic mass is 9.91. The van der Waals surface area contributed by atoms with Crippen molar-refractivity contribution in [3.05, 3.63) is 81.7 Å². The highest BCUT2D eigenvalue weighted by molar-refractivity contribution is 7.16. The maximum Gasteiger partial charge on any atom is 0.330 e. The molecule has 1 aromatic heterocycles. The first-order valence-corrected chi connectivity index (χ1v) is 10.8. The number of anilines is 1. The second-order valence-corrected chi connectivity index (χ2v) is 8.40. The third-order valence-corrected chi connectivity index (χ3v) is 6.63. The average Bonchev–Trinajstić information content (AvgIpc) is 3.15. The SMILES string of the molecule is COc1ccc(C(Nc2sc3c(c2C(=O)c2ccccc2)CCCC3)C(=O)O)cc1. The molecule has 6 heteroatoms. The van der Waals surface area contributed by atoms with Gasteiger partial charge in [0.15, 0.2) is 11.8 Å². The van der Waals surface area contributed by atoms with Crippen LogP contribution in [0.1, 0.15) is 50.8 Å². The Morgan fingerprint density at radius 3 is 2.40 bits per heavy atom. The zero-order valence-corrected chi connectivity index (χ0v) is 17.5. The average molecular weight is 422 g/mol. The Morgan fingerprint density at radius 2 is 1.73 bits per heavy atom. The zero-order valence-electron chi connectivity index (χ0n) is 16.7. The number of carboxylic acid groups (broad SMARTS) is 1. The Labute approximate surface area is 179 Å². The Bertz CT molecular complexity index is 1060. The van der Waals surface area contributed by atoms with Crippen LogP contribution in [0.2, 0.25) is 0 Å². The number of aryl methyl sites for hydroxylation is 1. The van der Waals surface area contributed by atoms with Crippen molar-refractivity contribution in [1.29, 1.82) is 0 Å². The fraction of sp³-hybridized carbons (Fsp3) is 0.250. The topological polar surface area (TPSA) is 75.6 Å². The van der Waals surface area contributed by atoms with Crippen molar-refractivity contribution < 1.29 is 19.4 Å². The van der Waals surface area contributed by atoms with Crippen molar-refractivity contribution >= 4 is 28.1 Å².